The van der Waals surface area contributed by atoms with E-state index in [1.54, 1.807) is 0 Å². The van der Waals surface area contributed by atoms with Gasteiger partial charge in [0.25, 0.3) is 0 Å². The van der Waals surface area contributed by atoms with Crippen LogP contribution < -0.4 is 0 Å². The summed E-state index contributed by atoms with van der Waals surface area (Å²) in [4.78, 5) is 0. The Kier molecular flexibility index (Phi) is 4.82. The molecular weight excluding hydrogens is 412 g/mol. The van der Waals surface area contributed by atoms with Crippen molar-refractivity contribution in [1.29, 1.82) is 0 Å². The Bertz CT molecular complexity index is 1480. The lowest BCUT2D eigenvalue weighted by Gasteiger charge is -2.28. The normalized spacial score (nSPS) is 13.6. The summed E-state index contributed by atoms with van der Waals surface area (Å²) in [5.41, 5.74) is 10.7. The second-order valence-corrected chi connectivity index (χ2v) is 8.84. The highest BCUT2D eigenvalue weighted by Crippen LogP contribution is 2.49. The molecule has 33 heavy (non-hydrogen) atoms. The van der Waals surface area contributed by atoms with Gasteiger partial charge in [0.15, 0.2) is 0 Å². The molecule has 0 atom stereocenters. The Morgan fingerprint density at radius 1 is 0.788 bits per heavy atom. The standard InChI is InChI=1S/C26H26N6O/c1-2-3-8-17-15-9-4-5-10-16(15)22(18-11-6-13-20-24(18)29-31-27-20)23(26(17)33)19-12-7-14-21-25(19)30-32-28-21/h6-7,11-14,33H,2-5,8-10H2,1H3,(H,27,29,31)(H,28,30,32). The molecule has 0 spiro atoms. The van der Waals surface area contributed by atoms with Crippen LogP contribution in [-0.2, 0) is 19.3 Å². The molecular formula is C26H26N6O. The predicted octanol–water partition coefficient (Wildman–Crippen LogP) is 5.49. The van der Waals surface area contributed by atoms with E-state index in [9.17, 15) is 5.11 Å². The van der Waals surface area contributed by atoms with Gasteiger partial charge in [-0.05, 0) is 72.9 Å². The van der Waals surface area contributed by atoms with E-state index in [0.29, 0.717) is 5.75 Å². The van der Waals surface area contributed by atoms with Crippen molar-refractivity contribution in [3.05, 3.63) is 53.1 Å². The maximum atomic E-state index is 11.9. The quantitative estimate of drug-likeness (QED) is 0.337. The zero-order valence-corrected chi connectivity index (χ0v) is 18.6. The molecule has 1 aliphatic carbocycles. The van der Waals surface area contributed by atoms with Gasteiger partial charge in [-0.15, -0.1) is 0 Å². The average Bonchev–Trinajstić information content (AvgIpc) is 3.52. The van der Waals surface area contributed by atoms with Crippen LogP contribution in [0.3, 0.4) is 0 Å². The SMILES string of the molecule is CCCCc1c(O)c(-c2cccc3n[nH]nc23)c(-c2cccc3n[nH]nc23)c2c1CCCC2. The third-order valence-corrected chi connectivity index (χ3v) is 6.92. The first-order valence-corrected chi connectivity index (χ1v) is 11.8. The highest BCUT2D eigenvalue weighted by Gasteiger charge is 2.29. The number of hydrogen-bond donors (Lipinski definition) is 3. The number of para-hydroxylation sites is 2. The maximum Gasteiger partial charge on any atom is 0.127 e. The molecule has 7 nitrogen and oxygen atoms in total. The molecule has 2 heterocycles. The van der Waals surface area contributed by atoms with Crippen molar-refractivity contribution in [2.24, 2.45) is 0 Å². The number of rotatable bonds is 5. The molecule has 0 radical (unpaired) electrons. The van der Waals surface area contributed by atoms with Crippen molar-refractivity contribution in [3.8, 4) is 28.0 Å². The number of unbranched alkanes of at least 4 members (excludes halogenated alkanes) is 1. The van der Waals surface area contributed by atoms with Crippen LogP contribution in [0.1, 0.15) is 49.3 Å². The molecule has 3 aromatic carbocycles. The van der Waals surface area contributed by atoms with Crippen molar-refractivity contribution in [2.75, 3.05) is 0 Å². The van der Waals surface area contributed by atoms with Gasteiger partial charge in [0, 0.05) is 16.7 Å². The Morgan fingerprint density at radius 3 is 2.03 bits per heavy atom. The molecule has 5 aromatic rings. The smallest absolute Gasteiger partial charge is 0.127 e. The lowest BCUT2D eigenvalue weighted by molar-refractivity contribution is 0.466. The molecule has 0 amide bonds. The number of hydrogen-bond acceptors (Lipinski definition) is 5. The van der Waals surface area contributed by atoms with Crippen LogP contribution in [0.25, 0.3) is 44.3 Å². The van der Waals surface area contributed by atoms with Crippen LogP contribution >= 0.6 is 0 Å². The highest BCUT2D eigenvalue weighted by molar-refractivity contribution is 6.05. The van der Waals surface area contributed by atoms with Crippen molar-refractivity contribution in [1.82, 2.24) is 30.8 Å². The first-order chi connectivity index (χ1) is 16.3. The largest absolute Gasteiger partial charge is 0.507 e. The van der Waals surface area contributed by atoms with Crippen molar-refractivity contribution < 1.29 is 5.11 Å². The van der Waals surface area contributed by atoms with Crippen molar-refractivity contribution in [3.63, 3.8) is 0 Å². The summed E-state index contributed by atoms with van der Waals surface area (Å²) in [6.07, 6.45) is 7.28. The van der Waals surface area contributed by atoms with Gasteiger partial charge in [0.2, 0.25) is 0 Å². The van der Waals surface area contributed by atoms with Gasteiger partial charge in [-0.2, -0.15) is 30.8 Å². The molecule has 1 aliphatic rings. The molecule has 0 saturated carbocycles. The lowest BCUT2D eigenvalue weighted by Crippen LogP contribution is -2.11. The summed E-state index contributed by atoms with van der Waals surface area (Å²) >= 11 is 0. The van der Waals surface area contributed by atoms with Crippen LogP contribution in [0.2, 0.25) is 0 Å². The number of aromatic hydroxyl groups is 1. The Labute approximate surface area is 191 Å². The summed E-state index contributed by atoms with van der Waals surface area (Å²) in [5.74, 6) is 0.370. The Balaban J connectivity index is 1.77. The van der Waals surface area contributed by atoms with Crippen LogP contribution in [-0.4, -0.2) is 35.9 Å². The predicted molar refractivity (Wildman–Crippen MR) is 129 cm³/mol. The van der Waals surface area contributed by atoms with E-state index in [1.807, 2.05) is 30.3 Å². The van der Waals surface area contributed by atoms with Crippen LogP contribution in [0.4, 0.5) is 0 Å². The van der Waals surface area contributed by atoms with Crippen LogP contribution in [0, 0.1) is 0 Å². The number of benzene rings is 3. The van der Waals surface area contributed by atoms with Gasteiger partial charge in [-0.1, -0.05) is 37.6 Å². The van der Waals surface area contributed by atoms with Crippen molar-refractivity contribution in [2.45, 2.75) is 51.9 Å². The fraction of sp³-hybridized carbons (Fsp3) is 0.308. The molecule has 0 unspecified atom stereocenters. The minimum atomic E-state index is 0.370. The first-order valence-electron chi connectivity index (χ1n) is 11.8. The number of H-pyrrole nitrogens is 2. The van der Waals surface area contributed by atoms with E-state index in [2.05, 4.69) is 43.8 Å². The summed E-state index contributed by atoms with van der Waals surface area (Å²) in [6, 6.07) is 12.0. The molecule has 7 heteroatoms. The Morgan fingerprint density at radius 2 is 1.39 bits per heavy atom. The monoisotopic (exact) mass is 438 g/mol. The van der Waals surface area contributed by atoms with Gasteiger partial charge < -0.3 is 5.11 Å². The average molecular weight is 439 g/mol. The molecule has 2 aromatic heterocycles. The van der Waals surface area contributed by atoms with Gasteiger partial charge in [0.1, 0.15) is 27.8 Å². The fourth-order valence-electron chi connectivity index (χ4n) is 5.40. The Hall–Kier alpha value is -3.74. The van der Waals surface area contributed by atoms with E-state index in [0.717, 1.165) is 94.8 Å². The molecule has 0 saturated heterocycles. The molecule has 3 N–H and O–H groups in total. The van der Waals surface area contributed by atoms with Crippen LogP contribution in [0.5, 0.6) is 5.75 Å². The maximum absolute atomic E-state index is 11.9. The molecule has 0 aliphatic heterocycles. The summed E-state index contributed by atoms with van der Waals surface area (Å²) in [6.45, 7) is 2.19. The number of aromatic amines is 2. The molecule has 0 fully saturated rings. The zero-order chi connectivity index (χ0) is 22.4. The van der Waals surface area contributed by atoms with Gasteiger partial charge in [-0.25, -0.2) is 0 Å². The third-order valence-electron chi connectivity index (χ3n) is 6.92. The number of fused-ring (bicyclic) bond motifs is 3. The van der Waals surface area contributed by atoms with Gasteiger partial charge in [0.05, 0.1) is 0 Å². The van der Waals surface area contributed by atoms with Gasteiger partial charge >= 0.3 is 0 Å². The van der Waals surface area contributed by atoms with E-state index in [4.69, 9.17) is 0 Å². The summed E-state index contributed by atoms with van der Waals surface area (Å²) in [7, 11) is 0. The molecule has 0 bridgehead atoms. The summed E-state index contributed by atoms with van der Waals surface area (Å²) < 4.78 is 0. The van der Waals surface area contributed by atoms with Crippen LogP contribution in [0.15, 0.2) is 36.4 Å². The minimum Gasteiger partial charge on any atom is -0.507 e. The topological polar surface area (TPSA) is 103 Å². The van der Waals surface area contributed by atoms with Gasteiger partial charge in [-0.3, -0.25) is 0 Å². The lowest BCUT2D eigenvalue weighted by atomic mass is 9.77. The summed E-state index contributed by atoms with van der Waals surface area (Å²) in [5, 5.41) is 35.0. The second kappa shape index (κ2) is 7.99. The third kappa shape index (κ3) is 3.10. The number of nitrogens with zero attached hydrogens (tertiary/aromatic N) is 4. The van der Waals surface area contributed by atoms with E-state index >= 15 is 0 Å². The number of aromatic nitrogens is 6. The number of nitrogens with one attached hydrogen (secondary N) is 2. The van der Waals surface area contributed by atoms with E-state index < -0.39 is 0 Å². The molecule has 6 rings (SSSR count). The fourth-order valence-corrected chi connectivity index (χ4v) is 5.40. The first kappa shape index (κ1) is 19.9. The minimum absolute atomic E-state index is 0.370. The zero-order valence-electron chi connectivity index (χ0n) is 18.6. The second-order valence-electron chi connectivity index (χ2n) is 8.84. The number of phenolic OH excluding ortho intramolecular Hbond substituents is 1. The number of phenols is 1. The van der Waals surface area contributed by atoms with Crippen molar-refractivity contribution >= 4 is 22.1 Å². The van der Waals surface area contributed by atoms with E-state index in [1.165, 1.54) is 11.1 Å². The molecule has 166 valence electrons. The van der Waals surface area contributed by atoms with E-state index in [-0.39, 0.29) is 0 Å². The highest BCUT2D eigenvalue weighted by atomic mass is 16.3.